The van der Waals surface area contributed by atoms with Crippen molar-refractivity contribution in [1.29, 1.82) is 0 Å². The summed E-state index contributed by atoms with van der Waals surface area (Å²) in [5.41, 5.74) is 2.06. The molecular formula is C24H19I2NO4. The summed E-state index contributed by atoms with van der Waals surface area (Å²) >= 11 is 4.34. The third-order valence-corrected chi connectivity index (χ3v) is 5.93. The number of carbonyl (C=O) groups is 2. The number of halogens is 2. The van der Waals surface area contributed by atoms with Crippen molar-refractivity contribution >= 4 is 63.1 Å². The lowest BCUT2D eigenvalue weighted by molar-refractivity contribution is -0.132. The van der Waals surface area contributed by atoms with Gasteiger partial charge in [0.15, 0.2) is 0 Å². The third-order valence-electron chi connectivity index (χ3n) is 4.33. The number of hydrogen-bond donors (Lipinski definition) is 2. The van der Waals surface area contributed by atoms with E-state index >= 15 is 0 Å². The van der Waals surface area contributed by atoms with Gasteiger partial charge in [-0.3, -0.25) is 4.79 Å². The first kappa shape index (κ1) is 23.3. The molecule has 0 atom stereocenters. The molecule has 5 nitrogen and oxygen atoms in total. The van der Waals surface area contributed by atoms with Gasteiger partial charge in [-0.2, -0.15) is 0 Å². The molecule has 0 bridgehead atoms. The molecule has 3 aromatic rings. The smallest absolute Gasteiger partial charge is 0.352 e. The van der Waals surface area contributed by atoms with E-state index in [1.807, 2.05) is 30.3 Å². The zero-order valence-corrected chi connectivity index (χ0v) is 20.7. The number of nitrogens with one attached hydrogen (secondary N) is 1. The summed E-state index contributed by atoms with van der Waals surface area (Å²) in [6.07, 6.45) is 2.24. The van der Waals surface area contributed by atoms with Crippen LogP contribution in [0.25, 0.3) is 6.08 Å². The van der Waals surface area contributed by atoms with E-state index in [1.165, 1.54) is 11.6 Å². The quantitative estimate of drug-likeness (QED) is 0.257. The van der Waals surface area contributed by atoms with Gasteiger partial charge in [-0.15, -0.1) is 0 Å². The van der Waals surface area contributed by atoms with Gasteiger partial charge in [0.05, 0.1) is 13.7 Å². The second-order valence-corrected chi connectivity index (χ2v) is 8.91. The van der Waals surface area contributed by atoms with Gasteiger partial charge in [0.25, 0.3) is 5.91 Å². The predicted molar refractivity (Wildman–Crippen MR) is 137 cm³/mol. The van der Waals surface area contributed by atoms with Crippen molar-refractivity contribution in [2.45, 2.75) is 6.42 Å². The molecule has 0 aliphatic carbocycles. The SMILES string of the molecule is O=C(O)/C(=C\c1cc(I)c(OCCc2ccccc2)c(I)c1)NC(=O)c1ccccc1. The third kappa shape index (κ3) is 6.79. The maximum absolute atomic E-state index is 12.3. The normalized spacial score (nSPS) is 11.1. The molecule has 0 aromatic heterocycles. The molecule has 0 spiro atoms. The minimum Gasteiger partial charge on any atom is -0.491 e. The zero-order valence-electron chi connectivity index (χ0n) is 16.3. The van der Waals surface area contributed by atoms with E-state index < -0.39 is 11.9 Å². The van der Waals surface area contributed by atoms with E-state index in [4.69, 9.17) is 4.74 Å². The monoisotopic (exact) mass is 639 g/mol. The molecule has 0 saturated carbocycles. The fourth-order valence-corrected chi connectivity index (χ4v) is 4.95. The van der Waals surface area contributed by atoms with Crippen molar-refractivity contribution in [1.82, 2.24) is 5.32 Å². The topological polar surface area (TPSA) is 75.6 Å². The molecular weight excluding hydrogens is 620 g/mol. The number of amides is 1. The number of carboxylic acids is 1. The van der Waals surface area contributed by atoms with Crippen LogP contribution >= 0.6 is 45.2 Å². The summed E-state index contributed by atoms with van der Waals surface area (Å²) in [6, 6.07) is 22.3. The van der Waals surface area contributed by atoms with Crippen molar-refractivity contribution in [3.05, 3.63) is 102 Å². The van der Waals surface area contributed by atoms with E-state index in [1.54, 1.807) is 30.3 Å². The molecule has 0 heterocycles. The molecule has 0 aliphatic rings. The van der Waals surface area contributed by atoms with Gasteiger partial charge >= 0.3 is 5.97 Å². The Morgan fingerprint density at radius 2 is 1.52 bits per heavy atom. The van der Waals surface area contributed by atoms with Crippen LogP contribution in [0.5, 0.6) is 5.75 Å². The molecule has 0 unspecified atom stereocenters. The highest BCUT2D eigenvalue weighted by Crippen LogP contribution is 2.30. The number of benzene rings is 3. The molecule has 3 rings (SSSR count). The lowest BCUT2D eigenvalue weighted by Crippen LogP contribution is -2.27. The summed E-state index contributed by atoms with van der Waals surface area (Å²) < 4.78 is 7.71. The average molecular weight is 639 g/mol. The van der Waals surface area contributed by atoms with Crippen LogP contribution in [0.15, 0.2) is 78.5 Å². The molecule has 7 heteroatoms. The summed E-state index contributed by atoms with van der Waals surface area (Å²) in [7, 11) is 0. The second-order valence-electron chi connectivity index (χ2n) is 6.58. The van der Waals surface area contributed by atoms with E-state index in [-0.39, 0.29) is 5.70 Å². The largest absolute Gasteiger partial charge is 0.491 e. The lowest BCUT2D eigenvalue weighted by Gasteiger charge is -2.12. The molecule has 0 aliphatic heterocycles. The van der Waals surface area contributed by atoms with E-state index in [9.17, 15) is 14.7 Å². The number of ether oxygens (including phenoxy) is 1. The van der Waals surface area contributed by atoms with Crippen LogP contribution in [0.1, 0.15) is 21.5 Å². The van der Waals surface area contributed by atoms with Crippen LogP contribution < -0.4 is 10.1 Å². The molecule has 0 fully saturated rings. The van der Waals surface area contributed by atoms with Crippen molar-refractivity contribution in [2.75, 3.05) is 6.61 Å². The fraction of sp³-hybridized carbons (Fsp3) is 0.0833. The van der Waals surface area contributed by atoms with Crippen molar-refractivity contribution < 1.29 is 19.4 Å². The Morgan fingerprint density at radius 1 is 0.935 bits per heavy atom. The number of hydrogen-bond acceptors (Lipinski definition) is 3. The summed E-state index contributed by atoms with van der Waals surface area (Å²) in [5.74, 6) is -0.920. The van der Waals surface area contributed by atoms with Gasteiger partial charge in [-0.1, -0.05) is 48.5 Å². The van der Waals surface area contributed by atoms with Crippen LogP contribution in [0, 0.1) is 7.14 Å². The Bertz CT molecular complexity index is 1080. The molecule has 1 amide bonds. The van der Waals surface area contributed by atoms with Crippen molar-refractivity contribution in [2.24, 2.45) is 0 Å². The lowest BCUT2D eigenvalue weighted by atomic mass is 10.1. The maximum Gasteiger partial charge on any atom is 0.352 e. The number of aliphatic carboxylic acids is 1. The fourth-order valence-electron chi connectivity index (χ4n) is 2.82. The molecule has 0 radical (unpaired) electrons. The van der Waals surface area contributed by atoms with Gasteiger partial charge in [0, 0.05) is 12.0 Å². The zero-order chi connectivity index (χ0) is 22.2. The molecule has 0 saturated heterocycles. The Kier molecular flexibility index (Phi) is 8.47. The van der Waals surface area contributed by atoms with Crippen LogP contribution in [-0.4, -0.2) is 23.6 Å². The first-order chi connectivity index (χ1) is 14.9. The van der Waals surface area contributed by atoms with E-state index in [0.717, 1.165) is 19.3 Å². The van der Waals surface area contributed by atoms with Crippen LogP contribution in [0.4, 0.5) is 0 Å². The van der Waals surface area contributed by atoms with Gasteiger partial charge in [-0.05, 0) is 86.7 Å². The van der Waals surface area contributed by atoms with Gasteiger partial charge < -0.3 is 15.2 Å². The first-order valence-corrected chi connectivity index (χ1v) is 11.6. The van der Waals surface area contributed by atoms with E-state index in [0.29, 0.717) is 17.7 Å². The Morgan fingerprint density at radius 3 is 2.10 bits per heavy atom. The minimum absolute atomic E-state index is 0.196. The Labute approximate surface area is 207 Å². The standard InChI is InChI=1S/C24H19I2NO4/c25-19-13-17(14-20(26)22(19)31-12-11-16-7-3-1-4-8-16)15-21(24(29)30)27-23(28)18-9-5-2-6-10-18/h1-10,13-15H,11-12H2,(H,27,28)(H,29,30)/b21-15+. The van der Waals surface area contributed by atoms with E-state index in [2.05, 4.69) is 62.6 Å². The Hall–Kier alpha value is -2.40. The Balaban J connectivity index is 1.74. The highest BCUT2D eigenvalue weighted by molar-refractivity contribution is 14.1. The van der Waals surface area contributed by atoms with Crippen LogP contribution in [0.2, 0.25) is 0 Å². The first-order valence-electron chi connectivity index (χ1n) is 9.41. The minimum atomic E-state index is -1.21. The predicted octanol–water partition coefficient (Wildman–Crippen LogP) is 5.37. The van der Waals surface area contributed by atoms with Crippen molar-refractivity contribution in [3.8, 4) is 5.75 Å². The highest BCUT2D eigenvalue weighted by atomic mass is 127. The van der Waals surface area contributed by atoms with Crippen molar-refractivity contribution in [3.63, 3.8) is 0 Å². The number of carboxylic acid groups (broad SMARTS) is 1. The summed E-state index contributed by atoms with van der Waals surface area (Å²) in [6.45, 7) is 0.540. The van der Waals surface area contributed by atoms with Gasteiger partial charge in [0.2, 0.25) is 0 Å². The maximum atomic E-state index is 12.3. The second kappa shape index (κ2) is 11.3. The summed E-state index contributed by atoms with van der Waals surface area (Å²) in [4.78, 5) is 24.0. The van der Waals surface area contributed by atoms with Crippen LogP contribution in [-0.2, 0) is 11.2 Å². The molecule has 2 N–H and O–H groups in total. The average Bonchev–Trinajstić information content (AvgIpc) is 2.76. The van der Waals surface area contributed by atoms with Gasteiger partial charge in [0.1, 0.15) is 11.4 Å². The number of rotatable bonds is 8. The molecule has 158 valence electrons. The summed E-state index contributed by atoms with van der Waals surface area (Å²) in [5, 5.41) is 12.0. The van der Waals surface area contributed by atoms with Gasteiger partial charge in [-0.25, -0.2) is 4.79 Å². The molecule has 3 aromatic carbocycles. The molecule has 31 heavy (non-hydrogen) atoms. The van der Waals surface area contributed by atoms with Crippen LogP contribution in [0.3, 0.4) is 0 Å². The number of carbonyl (C=O) groups excluding carboxylic acids is 1. The highest BCUT2D eigenvalue weighted by Gasteiger charge is 2.15.